The molecule has 8 heteroatoms. The van der Waals surface area contributed by atoms with Crippen LogP contribution in [0.3, 0.4) is 0 Å². The van der Waals surface area contributed by atoms with E-state index in [9.17, 15) is 9.59 Å². The van der Waals surface area contributed by atoms with Crippen LogP contribution in [-0.2, 0) is 9.47 Å². The predicted molar refractivity (Wildman–Crippen MR) is 122 cm³/mol. The summed E-state index contributed by atoms with van der Waals surface area (Å²) in [4.78, 5) is 25.7. The fourth-order valence-electron chi connectivity index (χ4n) is 3.78. The Morgan fingerprint density at radius 1 is 0.600 bits per heavy atom. The van der Waals surface area contributed by atoms with Crippen molar-refractivity contribution in [2.45, 2.75) is 27.7 Å². The van der Waals surface area contributed by atoms with Crippen LogP contribution < -0.4 is 9.47 Å². The van der Waals surface area contributed by atoms with E-state index in [1.165, 1.54) is 14.2 Å². The van der Waals surface area contributed by atoms with Crippen LogP contribution in [0.4, 0.5) is 0 Å². The van der Waals surface area contributed by atoms with Gasteiger partial charge in [0, 0.05) is 42.3 Å². The molecule has 0 aliphatic rings. The summed E-state index contributed by atoms with van der Waals surface area (Å²) in [6.07, 6.45) is 0. The molecule has 0 aliphatic carbocycles. The molecule has 0 aromatic heterocycles. The maximum atomic E-state index is 12.8. The van der Waals surface area contributed by atoms with Crippen LogP contribution in [0.1, 0.15) is 43.0 Å². The Kier molecular flexibility index (Phi) is 7.58. The van der Waals surface area contributed by atoms with Gasteiger partial charge in [0.15, 0.2) is 0 Å². The van der Waals surface area contributed by atoms with Crippen molar-refractivity contribution in [3.63, 3.8) is 0 Å². The zero-order chi connectivity index (χ0) is 22.9. The fourth-order valence-corrected chi connectivity index (χ4v) is 4.86. The van der Waals surface area contributed by atoms with Gasteiger partial charge >= 0.3 is 11.9 Å². The van der Waals surface area contributed by atoms with E-state index in [0.717, 1.165) is 11.1 Å². The molecule has 0 aliphatic heterocycles. The van der Waals surface area contributed by atoms with Gasteiger partial charge in [-0.25, -0.2) is 9.59 Å². The van der Waals surface area contributed by atoms with Gasteiger partial charge in [0.05, 0.1) is 39.6 Å². The van der Waals surface area contributed by atoms with Gasteiger partial charge in [-0.15, -0.1) is 0 Å². The van der Waals surface area contributed by atoms with Crippen LogP contribution in [-0.4, -0.2) is 40.4 Å². The van der Waals surface area contributed by atoms with Gasteiger partial charge in [-0.1, -0.05) is 0 Å². The summed E-state index contributed by atoms with van der Waals surface area (Å²) in [6.45, 7) is 7.35. The summed E-state index contributed by atoms with van der Waals surface area (Å²) in [5.41, 5.74) is 4.46. The Labute approximate surface area is 193 Å². The molecule has 0 heterocycles. The molecule has 0 fully saturated rings. The van der Waals surface area contributed by atoms with E-state index in [2.05, 4.69) is 31.9 Å². The van der Waals surface area contributed by atoms with E-state index >= 15 is 0 Å². The van der Waals surface area contributed by atoms with Gasteiger partial charge in [-0.3, -0.25) is 0 Å². The van der Waals surface area contributed by atoms with Gasteiger partial charge in [0.2, 0.25) is 0 Å². The summed E-state index contributed by atoms with van der Waals surface area (Å²) < 4.78 is 22.4. The first-order valence-corrected chi connectivity index (χ1v) is 10.6. The lowest BCUT2D eigenvalue weighted by Gasteiger charge is -2.25. The molecule has 0 saturated heterocycles. The Morgan fingerprint density at radius 2 is 0.900 bits per heavy atom. The quantitative estimate of drug-likeness (QED) is 0.450. The second kappa shape index (κ2) is 9.39. The maximum absolute atomic E-state index is 12.8. The zero-order valence-electron chi connectivity index (χ0n) is 18.2. The number of hydrogen-bond acceptors (Lipinski definition) is 6. The van der Waals surface area contributed by atoms with E-state index in [0.29, 0.717) is 53.8 Å². The largest absolute Gasteiger partial charge is 0.496 e. The molecule has 0 N–H and O–H groups in total. The number of esters is 2. The minimum Gasteiger partial charge on any atom is -0.496 e. The van der Waals surface area contributed by atoms with Gasteiger partial charge in [0.25, 0.3) is 0 Å². The normalized spacial score (nSPS) is 10.6. The molecule has 0 amide bonds. The monoisotopic (exact) mass is 542 g/mol. The third-order valence-corrected chi connectivity index (χ3v) is 7.13. The number of carbonyl (C=O) groups is 2. The molecular formula is C22H24Br2O6. The minimum absolute atomic E-state index is 0.291. The van der Waals surface area contributed by atoms with Crippen molar-refractivity contribution in [3.05, 3.63) is 42.3 Å². The highest BCUT2D eigenvalue weighted by Crippen LogP contribution is 2.48. The lowest BCUT2D eigenvalue weighted by molar-refractivity contribution is 0.0588. The molecule has 0 unspecified atom stereocenters. The molecule has 0 bridgehead atoms. The molecule has 2 rings (SSSR count). The Bertz CT molecular complexity index is 960. The van der Waals surface area contributed by atoms with Crippen molar-refractivity contribution >= 4 is 43.8 Å². The minimum atomic E-state index is -0.545. The summed E-state index contributed by atoms with van der Waals surface area (Å²) >= 11 is 7.05. The number of methoxy groups -OCH3 is 4. The Morgan fingerprint density at radius 3 is 1.13 bits per heavy atom. The van der Waals surface area contributed by atoms with Crippen molar-refractivity contribution in [2.75, 3.05) is 28.4 Å². The first-order valence-electron chi connectivity index (χ1n) is 8.99. The smallest absolute Gasteiger partial charge is 0.339 e. The second-order valence-corrected chi connectivity index (χ2v) is 8.26. The number of benzene rings is 2. The van der Waals surface area contributed by atoms with E-state index in [1.807, 2.05) is 27.7 Å². The molecule has 0 radical (unpaired) electrons. The van der Waals surface area contributed by atoms with E-state index in [1.54, 1.807) is 14.2 Å². The maximum Gasteiger partial charge on any atom is 0.339 e. The third kappa shape index (κ3) is 3.71. The molecule has 2 aromatic carbocycles. The molecule has 30 heavy (non-hydrogen) atoms. The number of halogens is 2. The third-order valence-electron chi connectivity index (χ3n) is 5.15. The summed E-state index contributed by atoms with van der Waals surface area (Å²) in [7, 11) is 5.74. The van der Waals surface area contributed by atoms with Gasteiger partial charge in [-0.05, 0) is 59.6 Å². The summed E-state index contributed by atoms with van der Waals surface area (Å²) in [5, 5.41) is 0. The number of ether oxygens (including phenoxy) is 4. The van der Waals surface area contributed by atoms with Crippen LogP contribution >= 0.6 is 31.9 Å². The fraction of sp³-hybridized carbons (Fsp3) is 0.364. The highest BCUT2D eigenvalue weighted by atomic mass is 79.9. The summed E-state index contributed by atoms with van der Waals surface area (Å²) in [6, 6.07) is 0. The number of rotatable bonds is 5. The lowest BCUT2D eigenvalue weighted by atomic mass is 9.85. The molecule has 0 spiro atoms. The SMILES string of the molecule is COC(=O)c1c(Br)c(C)c(OC)c(C)c1-c1c(C)c(OC)c(C)c(Br)c1C(=O)OC. The second-order valence-electron chi connectivity index (χ2n) is 6.68. The van der Waals surface area contributed by atoms with E-state index in [4.69, 9.17) is 18.9 Å². The molecule has 2 aromatic rings. The Hall–Kier alpha value is -2.06. The molecular weight excluding hydrogens is 520 g/mol. The standard InChI is InChI=1S/C22H24Br2O6/c1-9-13(15(21(25)29-7)17(23)11(3)19(9)27-5)14-10(2)20(28-6)12(4)18(24)16(14)22(26)30-8/h1-8H3. The molecule has 0 saturated carbocycles. The molecule has 6 nitrogen and oxygen atoms in total. The van der Waals surface area contributed by atoms with Crippen LogP contribution in [0.25, 0.3) is 11.1 Å². The van der Waals surface area contributed by atoms with Crippen LogP contribution in [0.15, 0.2) is 8.95 Å². The van der Waals surface area contributed by atoms with Crippen molar-refractivity contribution in [2.24, 2.45) is 0 Å². The van der Waals surface area contributed by atoms with Gasteiger partial charge in [0.1, 0.15) is 11.5 Å². The average Bonchev–Trinajstić information content (AvgIpc) is 2.73. The average molecular weight is 544 g/mol. The highest BCUT2D eigenvalue weighted by Gasteiger charge is 2.32. The van der Waals surface area contributed by atoms with Gasteiger partial charge in [-0.2, -0.15) is 0 Å². The van der Waals surface area contributed by atoms with Crippen LogP contribution in [0.2, 0.25) is 0 Å². The lowest BCUT2D eigenvalue weighted by Crippen LogP contribution is -2.14. The Balaban J connectivity index is 3.26. The first-order chi connectivity index (χ1) is 14.1. The van der Waals surface area contributed by atoms with Crippen molar-refractivity contribution in [1.29, 1.82) is 0 Å². The van der Waals surface area contributed by atoms with Crippen LogP contribution in [0, 0.1) is 27.7 Å². The predicted octanol–water partition coefficient (Wildman–Crippen LogP) is 5.70. The van der Waals surface area contributed by atoms with Crippen molar-refractivity contribution in [3.8, 4) is 22.6 Å². The number of carbonyl (C=O) groups excluding carboxylic acids is 2. The first kappa shape index (κ1) is 24.2. The molecule has 162 valence electrons. The highest BCUT2D eigenvalue weighted by molar-refractivity contribution is 9.11. The number of hydrogen-bond donors (Lipinski definition) is 0. The zero-order valence-corrected chi connectivity index (χ0v) is 21.4. The van der Waals surface area contributed by atoms with Crippen molar-refractivity contribution in [1.82, 2.24) is 0 Å². The van der Waals surface area contributed by atoms with Gasteiger partial charge < -0.3 is 18.9 Å². The van der Waals surface area contributed by atoms with E-state index < -0.39 is 11.9 Å². The topological polar surface area (TPSA) is 71.1 Å². The van der Waals surface area contributed by atoms with Crippen LogP contribution in [0.5, 0.6) is 11.5 Å². The summed E-state index contributed by atoms with van der Waals surface area (Å²) in [5.74, 6) is 0.0963. The molecule has 0 atom stereocenters. The van der Waals surface area contributed by atoms with Crippen molar-refractivity contribution < 1.29 is 28.5 Å². The van der Waals surface area contributed by atoms with E-state index in [-0.39, 0.29) is 0 Å².